The highest BCUT2D eigenvalue weighted by Crippen LogP contribution is 2.35. The summed E-state index contributed by atoms with van der Waals surface area (Å²) in [6.07, 6.45) is 1.14. The van der Waals surface area contributed by atoms with E-state index in [0.717, 1.165) is 13.0 Å². The summed E-state index contributed by atoms with van der Waals surface area (Å²) >= 11 is 0. The first-order chi connectivity index (χ1) is 6.59. The van der Waals surface area contributed by atoms with Crippen molar-refractivity contribution in [2.45, 2.75) is 31.7 Å². The molecule has 1 aromatic carbocycles. The van der Waals surface area contributed by atoms with E-state index in [4.69, 9.17) is 0 Å². The molecule has 0 bridgehead atoms. The molecular weight excluding hydrogens is 177 g/mol. The molecule has 1 saturated heterocycles. The molecule has 2 heteroatoms. The molecule has 0 saturated carbocycles. The average Bonchev–Trinajstić information content (AvgIpc) is 2.47. The SMILES string of the molecule is CC1(C)NCC[C@H]1c1ccc(F)cc1. The Balaban J connectivity index is 2.27. The van der Waals surface area contributed by atoms with Crippen LogP contribution in [-0.2, 0) is 0 Å². The summed E-state index contributed by atoms with van der Waals surface area (Å²) in [5.74, 6) is 0.348. The van der Waals surface area contributed by atoms with Crippen molar-refractivity contribution in [2.24, 2.45) is 0 Å². The van der Waals surface area contributed by atoms with Crippen LogP contribution in [0.15, 0.2) is 24.3 Å². The van der Waals surface area contributed by atoms with Crippen LogP contribution in [0.5, 0.6) is 0 Å². The van der Waals surface area contributed by atoms with Crippen LogP contribution >= 0.6 is 0 Å². The minimum atomic E-state index is -0.155. The lowest BCUT2D eigenvalue weighted by Gasteiger charge is -2.27. The zero-order valence-electron chi connectivity index (χ0n) is 8.68. The van der Waals surface area contributed by atoms with Gasteiger partial charge in [0.2, 0.25) is 0 Å². The molecule has 1 heterocycles. The summed E-state index contributed by atoms with van der Waals surface area (Å²) in [6, 6.07) is 6.89. The van der Waals surface area contributed by atoms with Gasteiger partial charge in [0.15, 0.2) is 0 Å². The molecule has 14 heavy (non-hydrogen) atoms. The smallest absolute Gasteiger partial charge is 0.123 e. The van der Waals surface area contributed by atoms with Crippen LogP contribution < -0.4 is 5.32 Å². The fourth-order valence-corrected chi connectivity index (χ4v) is 2.30. The summed E-state index contributed by atoms with van der Waals surface area (Å²) in [6.45, 7) is 5.46. The number of hydrogen-bond acceptors (Lipinski definition) is 1. The lowest BCUT2D eigenvalue weighted by molar-refractivity contribution is 0.410. The van der Waals surface area contributed by atoms with E-state index >= 15 is 0 Å². The van der Waals surface area contributed by atoms with Gasteiger partial charge in [-0.1, -0.05) is 12.1 Å². The van der Waals surface area contributed by atoms with Crippen molar-refractivity contribution in [1.29, 1.82) is 0 Å². The van der Waals surface area contributed by atoms with Gasteiger partial charge in [-0.2, -0.15) is 0 Å². The van der Waals surface area contributed by atoms with Crippen LogP contribution in [0.1, 0.15) is 31.7 Å². The fraction of sp³-hybridized carbons (Fsp3) is 0.500. The monoisotopic (exact) mass is 193 g/mol. The average molecular weight is 193 g/mol. The Labute approximate surface area is 84.3 Å². The van der Waals surface area contributed by atoms with Crippen LogP contribution in [0.25, 0.3) is 0 Å². The molecule has 1 aromatic rings. The molecule has 0 spiro atoms. The van der Waals surface area contributed by atoms with Crippen LogP contribution in [-0.4, -0.2) is 12.1 Å². The molecule has 0 aromatic heterocycles. The Kier molecular flexibility index (Phi) is 2.31. The molecule has 1 aliphatic rings. The summed E-state index contributed by atoms with van der Waals surface area (Å²) < 4.78 is 12.8. The van der Waals surface area contributed by atoms with Crippen molar-refractivity contribution in [3.05, 3.63) is 35.6 Å². The Bertz CT molecular complexity index is 316. The molecular formula is C12H16FN. The molecule has 0 unspecified atom stereocenters. The van der Waals surface area contributed by atoms with Gasteiger partial charge < -0.3 is 5.32 Å². The Morgan fingerprint density at radius 3 is 2.43 bits per heavy atom. The van der Waals surface area contributed by atoms with Gasteiger partial charge in [0.25, 0.3) is 0 Å². The summed E-state index contributed by atoms with van der Waals surface area (Å²) in [7, 11) is 0. The van der Waals surface area contributed by atoms with Crippen molar-refractivity contribution < 1.29 is 4.39 Å². The largest absolute Gasteiger partial charge is 0.311 e. The minimum absolute atomic E-state index is 0.137. The van der Waals surface area contributed by atoms with E-state index in [1.54, 1.807) is 12.1 Å². The molecule has 1 nitrogen and oxygen atoms in total. The highest BCUT2D eigenvalue weighted by Gasteiger charge is 2.34. The first kappa shape index (κ1) is 9.66. The van der Waals surface area contributed by atoms with E-state index in [1.807, 2.05) is 12.1 Å². The van der Waals surface area contributed by atoms with E-state index in [2.05, 4.69) is 19.2 Å². The van der Waals surface area contributed by atoms with E-state index in [-0.39, 0.29) is 11.4 Å². The predicted molar refractivity (Wildman–Crippen MR) is 55.8 cm³/mol. The maximum Gasteiger partial charge on any atom is 0.123 e. The van der Waals surface area contributed by atoms with E-state index in [9.17, 15) is 4.39 Å². The molecule has 0 aliphatic carbocycles. The third-order valence-corrected chi connectivity index (χ3v) is 3.16. The van der Waals surface area contributed by atoms with Gasteiger partial charge in [0, 0.05) is 11.5 Å². The standard InChI is InChI=1S/C12H16FN/c1-12(2)11(7-8-14-12)9-3-5-10(13)6-4-9/h3-6,11,14H,7-8H2,1-2H3/t11-/m0/s1. The highest BCUT2D eigenvalue weighted by molar-refractivity contribution is 5.25. The first-order valence-electron chi connectivity index (χ1n) is 5.10. The highest BCUT2D eigenvalue weighted by atomic mass is 19.1. The van der Waals surface area contributed by atoms with Gasteiger partial charge in [-0.05, 0) is 44.5 Å². The topological polar surface area (TPSA) is 12.0 Å². The molecule has 0 radical (unpaired) electrons. The van der Waals surface area contributed by atoms with Gasteiger partial charge in [-0.15, -0.1) is 0 Å². The molecule has 1 N–H and O–H groups in total. The van der Waals surface area contributed by atoms with Crippen LogP contribution in [0.2, 0.25) is 0 Å². The summed E-state index contributed by atoms with van der Waals surface area (Å²) in [4.78, 5) is 0. The van der Waals surface area contributed by atoms with Crippen molar-refractivity contribution >= 4 is 0 Å². The van der Waals surface area contributed by atoms with Gasteiger partial charge in [-0.25, -0.2) is 4.39 Å². The number of hydrogen-bond donors (Lipinski definition) is 1. The van der Waals surface area contributed by atoms with Gasteiger partial charge in [0.05, 0.1) is 0 Å². The van der Waals surface area contributed by atoms with Crippen molar-refractivity contribution in [3.8, 4) is 0 Å². The minimum Gasteiger partial charge on any atom is -0.311 e. The second kappa shape index (κ2) is 3.35. The lowest BCUT2D eigenvalue weighted by atomic mass is 9.83. The molecule has 76 valence electrons. The normalized spacial score (nSPS) is 25.2. The maximum absolute atomic E-state index is 12.8. The van der Waals surface area contributed by atoms with Crippen LogP contribution in [0.3, 0.4) is 0 Å². The Hall–Kier alpha value is -0.890. The maximum atomic E-state index is 12.8. The second-order valence-corrected chi connectivity index (χ2v) is 4.54. The van der Waals surface area contributed by atoms with Crippen LogP contribution in [0.4, 0.5) is 4.39 Å². The third kappa shape index (κ3) is 1.67. The molecule has 1 aliphatic heterocycles. The summed E-state index contributed by atoms with van der Waals surface area (Å²) in [5.41, 5.74) is 1.37. The zero-order valence-corrected chi connectivity index (χ0v) is 8.68. The molecule has 1 atom stereocenters. The number of nitrogens with one attached hydrogen (secondary N) is 1. The Morgan fingerprint density at radius 2 is 1.93 bits per heavy atom. The van der Waals surface area contributed by atoms with E-state index < -0.39 is 0 Å². The molecule has 2 rings (SSSR count). The van der Waals surface area contributed by atoms with E-state index in [1.165, 1.54) is 5.56 Å². The molecule has 1 fully saturated rings. The van der Waals surface area contributed by atoms with Gasteiger partial charge in [-0.3, -0.25) is 0 Å². The zero-order chi connectivity index (χ0) is 10.2. The predicted octanol–water partition coefficient (Wildman–Crippen LogP) is 2.68. The van der Waals surface area contributed by atoms with Crippen molar-refractivity contribution in [1.82, 2.24) is 5.32 Å². The van der Waals surface area contributed by atoms with Gasteiger partial charge in [0.1, 0.15) is 5.82 Å². The third-order valence-electron chi connectivity index (χ3n) is 3.16. The number of rotatable bonds is 1. The lowest BCUT2D eigenvalue weighted by Crippen LogP contribution is -2.36. The van der Waals surface area contributed by atoms with E-state index in [0.29, 0.717) is 5.92 Å². The van der Waals surface area contributed by atoms with Crippen molar-refractivity contribution in [2.75, 3.05) is 6.54 Å². The molecule has 0 amide bonds. The first-order valence-corrected chi connectivity index (χ1v) is 5.10. The quantitative estimate of drug-likeness (QED) is 0.723. The number of halogens is 1. The van der Waals surface area contributed by atoms with Crippen molar-refractivity contribution in [3.63, 3.8) is 0 Å². The fourth-order valence-electron chi connectivity index (χ4n) is 2.30. The Morgan fingerprint density at radius 1 is 1.29 bits per heavy atom. The van der Waals surface area contributed by atoms with Crippen LogP contribution in [0, 0.1) is 5.82 Å². The van der Waals surface area contributed by atoms with Gasteiger partial charge >= 0.3 is 0 Å². The number of benzene rings is 1. The summed E-state index contributed by atoms with van der Waals surface area (Å²) in [5, 5.41) is 3.47. The second-order valence-electron chi connectivity index (χ2n) is 4.54.